The number of amides is 2. The number of ether oxygens (including phenoxy) is 1. The van der Waals surface area contributed by atoms with Gasteiger partial charge in [-0.15, -0.1) is 0 Å². The maximum Gasteiger partial charge on any atom is 0.265 e. The monoisotopic (exact) mass is 430 g/mol. The lowest BCUT2D eigenvalue weighted by Gasteiger charge is -2.19. The second-order valence-corrected chi connectivity index (χ2v) is 7.98. The molecule has 2 amide bonds. The minimum atomic E-state index is -0.718. The van der Waals surface area contributed by atoms with E-state index in [-0.39, 0.29) is 17.7 Å². The van der Waals surface area contributed by atoms with E-state index >= 15 is 0 Å². The van der Waals surface area contributed by atoms with Gasteiger partial charge in [0, 0.05) is 6.54 Å². The van der Waals surface area contributed by atoms with Crippen LogP contribution in [0.1, 0.15) is 48.2 Å². The maximum absolute atomic E-state index is 12.8. The van der Waals surface area contributed by atoms with E-state index in [4.69, 9.17) is 4.74 Å². The number of para-hydroxylation sites is 2. The van der Waals surface area contributed by atoms with Crippen molar-refractivity contribution in [2.75, 3.05) is 11.9 Å². The first-order valence-electron chi connectivity index (χ1n) is 10.9. The van der Waals surface area contributed by atoms with Crippen LogP contribution in [0, 0.1) is 0 Å². The fourth-order valence-corrected chi connectivity index (χ4v) is 3.39. The molecule has 5 heteroatoms. The van der Waals surface area contributed by atoms with Gasteiger partial charge >= 0.3 is 0 Å². The van der Waals surface area contributed by atoms with Gasteiger partial charge in [-0.1, -0.05) is 74.5 Å². The maximum atomic E-state index is 12.8. The van der Waals surface area contributed by atoms with E-state index in [2.05, 4.69) is 24.5 Å². The molecule has 0 aliphatic carbocycles. The summed E-state index contributed by atoms with van der Waals surface area (Å²) < 4.78 is 5.94. The van der Waals surface area contributed by atoms with Crippen molar-refractivity contribution in [1.82, 2.24) is 5.32 Å². The molecule has 0 spiro atoms. The van der Waals surface area contributed by atoms with Crippen molar-refractivity contribution in [2.24, 2.45) is 0 Å². The summed E-state index contributed by atoms with van der Waals surface area (Å²) in [5.74, 6) is 0.433. The fourth-order valence-electron chi connectivity index (χ4n) is 3.39. The molecule has 0 fully saturated rings. The fraction of sp³-hybridized carbons (Fsp3) is 0.259. The zero-order valence-corrected chi connectivity index (χ0v) is 18.8. The van der Waals surface area contributed by atoms with Gasteiger partial charge in [-0.3, -0.25) is 9.59 Å². The highest BCUT2D eigenvalue weighted by molar-refractivity contribution is 6.04. The molecule has 0 aromatic heterocycles. The lowest BCUT2D eigenvalue weighted by Crippen LogP contribution is -2.32. The van der Waals surface area contributed by atoms with Crippen LogP contribution in [0.3, 0.4) is 0 Å². The quantitative estimate of drug-likeness (QED) is 0.491. The number of benzene rings is 3. The first-order chi connectivity index (χ1) is 15.5. The van der Waals surface area contributed by atoms with Crippen LogP contribution in [0.25, 0.3) is 0 Å². The van der Waals surface area contributed by atoms with E-state index < -0.39 is 6.10 Å². The molecule has 3 rings (SSSR count). The van der Waals surface area contributed by atoms with E-state index in [0.717, 1.165) is 17.5 Å². The molecule has 0 bridgehead atoms. The second-order valence-electron chi connectivity index (χ2n) is 7.98. The van der Waals surface area contributed by atoms with Crippen molar-refractivity contribution in [3.05, 3.63) is 95.6 Å². The summed E-state index contributed by atoms with van der Waals surface area (Å²) in [5.41, 5.74) is 3.08. The number of rotatable bonds is 9. The van der Waals surface area contributed by atoms with Gasteiger partial charge in [-0.25, -0.2) is 0 Å². The summed E-state index contributed by atoms with van der Waals surface area (Å²) >= 11 is 0. The Kier molecular flexibility index (Phi) is 8.03. The Bertz CT molecular complexity index is 1050. The van der Waals surface area contributed by atoms with Gasteiger partial charge in [-0.05, 0) is 48.6 Å². The lowest BCUT2D eigenvalue weighted by molar-refractivity contribution is -0.122. The molecule has 0 aliphatic heterocycles. The molecule has 2 N–H and O–H groups in total. The molecule has 166 valence electrons. The van der Waals surface area contributed by atoms with Crippen molar-refractivity contribution in [3.63, 3.8) is 0 Å². The van der Waals surface area contributed by atoms with Gasteiger partial charge in [0.2, 0.25) is 0 Å². The minimum Gasteiger partial charge on any atom is -0.481 e. The molecule has 3 aromatic carbocycles. The molecule has 3 aromatic rings. The molecule has 0 heterocycles. The third-order valence-corrected chi connectivity index (χ3v) is 5.19. The van der Waals surface area contributed by atoms with Crippen molar-refractivity contribution in [3.8, 4) is 5.75 Å². The van der Waals surface area contributed by atoms with Crippen LogP contribution in [-0.4, -0.2) is 24.5 Å². The smallest absolute Gasteiger partial charge is 0.265 e. The Hall–Kier alpha value is -3.60. The Morgan fingerprint density at radius 3 is 2.25 bits per heavy atom. The van der Waals surface area contributed by atoms with Crippen molar-refractivity contribution in [2.45, 2.75) is 39.2 Å². The van der Waals surface area contributed by atoms with E-state index in [9.17, 15) is 9.59 Å². The third kappa shape index (κ3) is 6.20. The molecule has 5 nitrogen and oxygen atoms in total. The number of carbonyl (C=O) groups is 2. The molecule has 1 atom stereocenters. The molecular weight excluding hydrogens is 400 g/mol. The Labute approximate surface area is 189 Å². The number of nitrogens with one attached hydrogen (secondary N) is 2. The predicted molar refractivity (Wildman–Crippen MR) is 128 cm³/mol. The number of hydrogen-bond acceptors (Lipinski definition) is 3. The van der Waals surface area contributed by atoms with Crippen LogP contribution in [0.4, 0.5) is 5.69 Å². The Balaban J connectivity index is 1.62. The SMILES string of the molecule is CC(C)c1ccccc1O[C@@H](C)C(=O)Nc1ccccc1C(=O)NCCc1ccccc1. The van der Waals surface area contributed by atoms with E-state index in [1.165, 1.54) is 0 Å². The van der Waals surface area contributed by atoms with E-state index in [0.29, 0.717) is 23.5 Å². The van der Waals surface area contributed by atoms with Gasteiger partial charge in [-0.2, -0.15) is 0 Å². The second kappa shape index (κ2) is 11.1. The summed E-state index contributed by atoms with van der Waals surface area (Å²) in [5, 5.41) is 5.77. The standard InChI is InChI=1S/C27H30N2O3/c1-19(2)22-13-8-10-16-25(22)32-20(3)26(30)29-24-15-9-7-14-23(24)27(31)28-18-17-21-11-5-4-6-12-21/h4-16,19-20H,17-18H2,1-3H3,(H,28,31)(H,29,30)/t20-/m0/s1. The van der Waals surface area contributed by atoms with Gasteiger partial charge < -0.3 is 15.4 Å². The zero-order chi connectivity index (χ0) is 22.9. The van der Waals surface area contributed by atoms with Gasteiger partial charge in [0.05, 0.1) is 11.3 Å². The molecular formula is C27H30N2O3. The van der Waals surface area contributed by atoms with Crippen LogP contribution in [0.2, 0.25) is 0 Å². The number of hydrogen-bond donors (Lipinski definition) is 2. The Morgan fingerprint density at radius 2 is 1.50 bits per heavy atom. The molecule has 0 unspecified atom stereocenters. The summed E-state index contributed by atoms with van der Waals surface area (Å²) in [6, 6.07) is 24.7. The number of carbonyl (C=O) groups excluding carboxylic acids is 2. The summed E-state index contributed by atoms with van der Waals surface area (Å²) in [6.07, 6.45) is 0.0189. The average Bonchev–Trinajstić information content (AvgIpc) is 2.80. The van der Waals surface area contributed by atoms with Gasteiger partial charge in [0.25, 0.3) is 11.8 Å². The molecule has 0 saturated carbocycles. The van der Waals surface area contributed by atoms with Crippen LogP contribution in [0.5, 0.6) is 5.75 Å². The zero-order valence-electron chi connectivity index (χ0n) is 18.8. The molecule has 0 radical (unpaired) electrons. The van der Waals surface area contributed by atoms with Crippen LogP contribution in [-0.2, 0) is 11.2 Å². The van der Waals surface area contributed by atoms with Crippen LogP contribution in [0.15, 0.2) is 78.9 Å². The highest BCUT2D eigenvalue weighted by atomic mass is 16.5. The minimum absolute atomic E-state index is 0.226. The summed E-state index contributed by atoms with van der Waals surface area (Å²) in [4.78, 5) is 25.5. The molecule has 0 aliphatic rings. The van der Waals surface area contributed by atoms with E-state index in [1.807, 2.05) is 54.6 Å². The van der Waals surface area contributed by atoms with Gasteiger partial charge in [0.15, 0.2) is 6.10 Å². The highest BCUT2D eigenvalue weighted by Gasteiger charge is 2.20. The normalized spacial score (nSPS) is 11.6. The van der Waals surface area contributed by atoms with Crippen molar-refractivity contribution >= 4 is 17.5 Å². The average molecular weight is 431 g/mol. The first-order valence-corrected chi connectivity index (χ1v) is 10.9. The molecule has 0 saturated heterocycles. The van der Waals surface area contributed by atoms with Crippen LogP contribution < -0.4 is 15.4 Å². The Morgan fingerprint density at radius 1 is 0.844 bits per heavy atom. The van der Waals surface area contributed by atoms with Crippen molar-refractivity contribution in [1.29, 1.82) is 0 Å². The van der Waals surface area contributed by atoms with E-state index in [1.54, 1.807) is 31.2 Å². The summed E-state index contributed by atoms with van der Waals surface area (Å²) in [7, 11) is 0. The lowest BCUT2D eigenvalue weighted by atomic mass is 10.0. The van der Waals surface area contributed by atoms with Crippen LogP contribution >= 0.6 is 0 Å². The van der Waals surface area contributed by atoms with Gasteiger partial charge in [0.1, 0.15) is 5.75 Å². The topological polar surface area (TPSA) is 67.4 Å². The number of anilines is 1. The third-order valence-electron chi connectivity index (χ3n) is 5.19. The predicted octanol–water partition coefficient (Wildman–Crippen LogP) is 5.19. The highest BCUT2D eigenvalue weighted by Crippen LogP contribution is 2.27. The molecule has 32 heavy (non-hydrogen) atoms. The van der Waals surface area contributed by atoms with Crippen molar-refractivity contribution < 1.29 is 14.3 Å². The first kappa shape index (κ1) is 23.1. The largest absolute Gasteiger partial charge is 0.481 e. The summed E-state index contributed by atoms with van der Waals surface area (Å²) in [6.45, 7) is 6.38.